The van der Waals surface area contributed by atoms with Crippen LogP contribution in [-0.2, 0) is 9.59 Å². The van der Waals surface area contributed by atoms with Crippen molar-refractivity contribution < 1.29 is 9.59 Å². The predicted octanol–water partition coefficient (Wildman–Crippen LogP) is 2.51. The number of hydrogen-bond donors (Lipinski definition) is 2. The molecule has 6 nitrogen and oxygen atoms in total. The molecule has 1 heterocycles. The van der Waals surface area contributed by atoms with E-state index in [0.717, 1.165) is 42.0 Å². The first-order valence-corrected chi connectivity index (χ1v) is 9.72. The summed E-state index contributed by atoms with van der Waals surface area (Å²) in [6, 6.07) is 0. The van der Waals surface area contributed by atoms with Crippen molar-refractivity contribution in [2.45, 2.75) is 51.9 Å². The van der Waals surface area contributed by atoms with Gasteiger partial charge in [0.15, 0.2) is 0 Å². The highest BCUT2D eigenvalue weighted by Crippen LogP contribution is 2.60. The maximum Gasteiger partial charge on any atom is 0.227 e. The standard InChI is InChI=1S/C17H24N4O2S/c1-10-20-21-16(24-10)19-14(22)2-3-18-15(23)17-7-11-4-12(8-17)6-13(5-11)9-17/h11-13H,2-9H2,1H3,(H,18,23)(H,19,21,22). The largest absolute Gasteiger partial charge is 0.355 e. The molecule has 2 N–H and O–H groups in total. The zero-order chi connectivity index (χ0) is 16.7. The molecule has 4 saturated carbocycles. The number of nitrogens with zero attached hydrogens (tertiary/aromatic N) is 2. The molecule has 0 saturated heterocycles. The van der Waals surface area contributed by atoms with Gasteiger partial charge >= 0.3 is 0 Å². The van der Waals surface area contributed by atoms with Crippen LogP contribution in [0.5, 0.6) is 0 Å². The molecule has 1 aromatic heterocycles. The highest BCUT2D eigenvalue weighted by molar-refractivity contribution is 7.15. The Morgan fingerprint density at radius 2 is 1.75 bits per heavy atom. The van der Waals surface area contributed by atoms with Crippen molar-refractivity contribution in [3.8, 4) is 0 Å². The monoisotopic (exact) mass is 348 g/mol. The molecule has 7 heteroatoms. The number of nitrogens with one attached hydrogen (secondary N) is 2. The fourth-order valence-corrected chi connectivity index (χ4v) is 6.00. The van der Waals surface area contributed by atoms with Gasteiger partial charge in [-0.05, 0) is 63.2 Å². The first-order chi connectivity index (χ1) is 11.5. The van der Waals surface area contributed by atoms with Gasteiger partial charge in [0.05, 0.1) is 0 Å². The van der Waals surface area contributed by atoms with Crippen molar-refractivity contribution in [1.82, 2.24) is 15.5 Å². The summed E-state index contributed by atoms with van der Waals surface area (Å²) < 4.78 is 0. The van der Waals surface area contributed by atoms with Crippen molar-refractivity contribution in [1.29, 1.82) is 0 Å². The smallest absolute Gasteiger partial charge is 0.227 e. The first-order valence-electron chi connectivity index (χ1n) is 8.91. The lowest BCUT2D eigenvalue weighted by Crippen LogP contribution is -2.53. The van der Waals surface area contributed by atoms with Gasteiger partial charge in [-0.15, -0.1) is 10.2 Å². The Bertz CT molecular complexity index is 621. The Hall–Kier alpha value is -1.50. The molecular weight excluding hydrogens is 324 g/mol. The van der Waals surface area contributed by atoms with Crippen LogP contribution in [0.4, 0.5) is 5.13 Å². The van der Waals surface area contributed by atoms with Crippen molar-refractivity contribution >= 4 is 28.3 Å². The Kier molecular flexibility index (Phi) is 4.06. The number of amides is 2. The van der Waals surface area contributed by atoms with E-state index in [1.165, 1.54) is 30.6 Å². The summed E-state index contributed by atoms with van der Waals surface area (Å²) in [7, 11) is 0. The highest BCUT2D eigenvalue weighted by Gasteiger charge is 2.54. The van der Waals surface area contributed by atoms with E-state index in [1.807, 2.05) is 6.92 Å². The molecule has 4 fully saturated rings. The number of anilines is 1. The van der Waals surface area contributed by atoms with Gasteiger partial charge in [0.25, 0.3) is 0 Å². The maximum atomic E-state index is 12.8. The van der Waals surface area contributed by atoms with E-state index in [4.69, 9.17) is 0 Å². The Morgan fingerprint density at radius 3 is 2.29 bits per heavy atom. The van der Waals surface area contributed by atoms with E-state index in [9.17, 15) is 9.59 Å². The summed E-state index contributed by atoms with van der Waals surface area (Å²) in [6.07, 6.45) is 7.43. The number of rotatable bonds is 5. The van der Waals surface area contributed by atoms with Gasteiger partial charge < -0.3 is 10.6 Å². The van der Waals surface area contributed by atoms with Crippen molar-refractivity contribution in [2.75, 3.05) is 11.9 Å². The van der Waals surface area contributed by atoms with E-state index in [2.05, 4.69) is 20.8 Å². The Morgan fingerprint density at radius 1 is 1.12 bits per heavy atom. The predicted molar refractivity (Wildman–Crippen MR) is 91.5 cm³/mol. The first kappa shape index (κ1) is 16.0. The van der Waals surface area contributed by atoms with E-state index >= 15 is 0 Å². The molecule has 2 amide bonds. The van der Waals surface area contributed by atoms with E-state index in [0.29, 0.717) is 11.7 Å². The molecule has 5 rings (SSSR count). The van der Waals surface area contributed by atoms with E-state index in [1.54, 1.807) is 0 Å². The van der Waals surface area contributed by atoms with Gasteiger partial charge in [-0.1, -0.05) is 11.3 Å². The average Bonchev–Trinajstić information content (AvgIpc) is 2.90. The summed E-state index contributed by atoms with van der Waals surface area (Å²) >= 11 is 1.35. The summed E-state index contributed by atoms with van der Waals surface area (Å²) in [5, 5.41) is 14.8. The number of aryl methyl sites for hydroxylation is 1. The normalized spacial score (nSPS) is 33.5. The lowest BCUT2D eigenvalue weighted by Gasteiger charge is -2.55. The van der Waals surface area contributed by atoms with Crippen LogP contribution in [0.15, 0.2) is 0 Å². The Balaban J connectivity index is 1.27. The second kappa shape index (κ2) is 6.10. The summed E-state index contributed by atoms with van der Waals surface area (Å²) in [6.45, 7) is 2.24. The maximum absolute atomic E-state index is 12.8. The van der Waals surface area contributed by atoms with Gasteiger partial charge in [-0.2, -0.15) is 0 Å². The summed E-state index contributed by atoms with van der Waals surface area (Å²) in [5.41, 5.74) is -0.137. The zero-order valence-electron chi connectivity index (χ0n) is 14.0. The summed E-state index contributed by atoms with van der Waals surface area (Å²) in [4.78, 5) is 24.7. The minimum atomic E-state index is -0.137. The molecule has 0 radical (unpaired) electrons. The molecule has 0 atom stereocenters. The molecule has 0 spiro atoms. The van der Waals surface area contributed by atoms with Crippen LogP contribution < -0.4 is 10.6 Å². The Labute approximate surface area is 145 Å². The average molecular weight is 348 g/mol. The molecular formula is C17H24N4O2S. The van der Waals surface area contributed by atoms with Crippen LogP contribution in [-0.4, -0.2) is 28.6 Å². The van der Waals surface area contributed by atoms with Crippen molar-refractivity contribution in [3.63, 3.8) is 0 Å². The zero-order valence-corrected chi connectivity index (χ0v) is 14.8. The molecule has 0 aliphatic heterocycles. The quantitative estimate of drug-likeness (QED) is 0.856. The van der Waals surface area contributed by atoms with Crippen LogP contribution in [0.1, 0.15) is 50.0 Å². The van der Waals surface area contributed by atoms with Gasteiger partial charge in [0, 0.05) is 18.4 Å². The minimum Gasteiger partial charge on any atom is -0.355 e. The van der Waals surface area contributed by atoms with Crippen molar-refractivity contribution in [2.24, 2.45) is 23.2 Å². The van der Waals surface area contributed by atoms with Gasteiger partial charge in [-0.25, -0.2) is 0 Å². The lowest BCUT2D eigenvalue weighted by molar-refractivity contribution is -0.146. The van der Waals surface area contributed by atoms with Gasteiger partial charge in [0.1, 0.15) is 5.01 Å². The van der Waals surface area contributed by atoms with Crippen LogP contribution >= 0.6 is 11.3 Å². The molecule has 4 bridgehead atoms. The minimum absolute atomic E-state index is 0.128. The van der Waals surface area contributed by atoms with E-state index < -0.39 is 0 Å². The molecule has 4 aliphatic carbocycles. The van der Waals surface area contributed by atoms with E-state index in [-0.39, 0.29) is 23.7 Å². The van der Waals surface area contributed by atoms with Crippen LogP contribution in [0.3, 0.4) is 0 Å². The molecule has 1 aromatic rings. The molecule has 0 unspecified atom stereocenters. The highest BCUT2D eigenvalue weighted by atomic mass is 32.1. The number of carbonyl (C=O) groups is 2. The fraction of sp³-hybridized carbons (Fsp3) is 0.765. The second-order valence-corrected chi connectivity index (χ2v) is 9.06. The topological polar surface area (TPSA) is 84.0 Å². The third-order valence-corrected chi connectivity index (χ3v) is 6.68. The number of carbonyl (C=O) groups excluding carboxylic acids is 2. The molecule has 24 heavy (non-hydrogen) atoms. The second-order valence-electron chi connectivity index (χ2n) is 7.88. The van der Waals surface area contributed by atoms with Crippen molar-refractivity contribution in [3.05, 3.63) is 5.01 Å². The third-order valence-electron chi connectivity index (χ3n) is 5.93. The van der Waals surface area contributed by atoms with Crippen LogP contribution in [0.25, 0.3) is 0 Å². The van der Waals surface area contributed by atoms with Gasteiger partial charge in [-0.3, -0.25) is 9.59 Å². The number of hydrogen-bond acceptors (Lipinski definition) is 5. The molecule has 4 aliphatic rings. The van der Waals surface area contributed by atoms with Crippen LogP contribution in [0, 0.1) is 30.1 Å². The number of aromatic nitrogens is 2. The third kappa shape index (κ3) is 3.06. The molecule has 0 aromatic carbocycles. The SMILES string of the molecule is Cc1nnc(NC(=O)CCNC(=O)C23CC4CC(CC(C4)C2)C3)s1. The molecule has 130 valence electrons. The van der Waals surface area contributed by atoms with Gasteiger partial charge in [0.2, 0.25) is 16.9 Å². The summed E-state index contributed by atoms with van der Waals surface area (Å²) in [5.74, 6) is 2.32. The van der Waals surface area contributed by atoms with Crippen LogP contribution in [0.2, 0.25) is 0 Å². The lowest BCUT2D eigenvalue weighted by atomic mass is 9.49. The fourth-order valence-electron chi connectivity index (χ4n) is 5.39.